The van der Waals surface area contributed by atoms with E-state index in [1.165, 1.54) is 0 Å². The minimum atomic E-state index is 0.394. The van der Waals surface area contributed by atoms with Gasteiger partial charge in [0.05, 0.1) is 18.0 Å². The van der Waals surface area contributed by atoms with Crippen LogP contribution in [0.4, 0.5) is 5.69 Å². The average molecular weight is 255 g/mol. The van der Waals surface area contributed by atoms with E-state index in [1.54, 1.807) is 6.26 Å². The molecule has 0 radical (unpaired) electrons. The molecular weight excluding hydrogens is 238 g/mol. The van der Waals surface area contributed by atoms with E-state index in [9.17, 15) is 0 Å². The van der Waals surface area contributed by atoms with E-state index >= 15 is 0 Å². The van der Waals surface area contributed by atoms with Crippen molar-refractivity contribution in [3.8, 4) is 0 Å². The standard InChI is InChI=1S/C15H17N3O/c1-11(4-7-14-3-2-8-19-14)17-13-6-5-12-10-16-18-15(12)9-13/h2-3,5-6,8-11,17H,4,7H2,1H3,(H,16,18). The van der Waals surface area contributed by atoms with Crippen LogP contribution in [-0.4, -0.2) is 16.2 Å². The summed E-state index contributed by atoms with van der Waals surface area (Å²) in [5.41, 5.74) is 2.17. The van der Waals surface area contributed by atoms with Gasteiger partial charge in [-0.3, -0.25) is 5.10 Å². The number of aromatic nitrogens is 2. The molecule has 0 spiro atoms. The second-order valence-corrected chi connectivity index (χ2v) is 4.84. The molecule has 4 heteroatoms. The number of nitrogens with one attached hydrogen (secondary N) is 2. The smallest absolute Gasteiger partial charge is 0.103 e. The van der Waals surface area contributed by atoms with Crippen molar-refractivity contribution in [1.29, 1.82) is 0 Å². The predicted octanol–water partition coefficient (Wildman–Crippen LogP) is 3.59. The summed E-state index contributed by atoms with van der Waals surface area (Å²) in [4.78, 5) is 0. The highest BCUT2D eigenvalue weighted by molar-refractivity contribution is 5.81. The van der Waals surface area contributed by atoms with Crippen molar-refractivity contribution in [2.75, 3.05) is 5.32 Å². The molecule has 1 unspecified atom stereocenters. The normalized spacial score (nSPS) is 12.7. The van der Waals surface area contributed by atoms with Gasteiger partial charge < -0.3 is 9.73 Å². The summed E-state index contributed by atoms with van der Waals surface area (Å²) in [7, 11) is 0. The van der Waals surface area contributed by atoms with Gasteiger partial charge in [0.2, 0.25) is 0 Å². The first-order valence-electron chi connectivity index (χ1n) is 6.53. The molecule has 1 atom stereocenters. The van der Waals surface area contributed by atoms with Crippen LogP contribution in [-0.2, 0) is 6.42 Å². The maximum atomic E-state index is 5.34. The zero-order valence-corrected chi connectivity index (χ0v) is 10.9. The van der Waals surface area contributed by atoms with Crippen molar-refractivity contribution >= 4 is 16.6 Å². The third-order valence-electron chi connectivity index (χ3n) is 3.26. The van der Waals surface area contributed by atoms with Crippen molar-refractivity contribution in [2.45, 2.75) is 25.8 Å². The number of nitrogens with zero attached hydrogens (tertiary/aromatic N) is 1. The van der Waals surface area contributed by atoms with Gasteiger partial charge in [-0.05, 0) is 43.7 Å². The van der Waals surface area contributed by atoms with Gasteiger partial charge in [0.1, 0.15) is 5.76 Å². The van der Waals surface area contributed by atoms with Crippen molar-refractivity contribution in [1.82, 2.24) is 10.2 Å². The number of anilines is 1. The van der Waals surface area contributed by atoms with Crippen LogP contribution >= 0.6 is 0 Å². The predicted molar refractivity (Wildman–Crippen MR) is 76.2 cm³/mol. The Morgan fingerprint density at radius 3 is 3.16 bits per heavy atom. The fourth-order valence-electron chi connectivity index (χ4n) is 2.20. The quantitative estimate of drug-likeness (QED) is 0.732. The van der Waals surface area contributed by atoms with Crippen molar-refractivity contribution in [3.63, 3.8) is 0 Å². The Labute approximate surface area is 111 Å². The van der Waals surface area contributed by atoms with Gasteiger partial charge in [0.25, 0.3) is 0 Å². The lowest BCUT2D eigenvalue weighted by Gasteiger charge is -2.14. The summed E-state index contributed by atoms with van der Waals surface area (Å²) < 4.78 is 5.34. The van der Waals surface area contributed by atoms with E-state index in [-0.39, 0.29) is 0 Å². The Morgan fingerprint density at radius 2 is 2.32 bits per heavy atom. The van der Waals surface area contributed by atoms with Gasteiger partial charge in [0, 0.05) is 23.5 Å². The van der Waals surface area contributed by atoms with Crippen molar-refractivity contribution < 1.29 is 4.42 Å². The SMILES string of the molecule is CC(CCc1ccco1)Nc1ccc2cn[nH]c2c1. The largest absolute Gasteiger partial charge is 0.469 e. The molecule has 3 rings (SSSR count). The van der Waals surface area contributed by atoms with Gasteiger partial charge >= 0.3 is 0 Å². The molecule has 19 heavy (non-hydrogen) atoms. The Bertz CT molecular complexity index is 642. The monoisotopic (exact) mass is 255 g/mol. The molecule has 0 aliphatic heterocycles. The topological polar surface area (TPSA) is 53.9 Å². The van der Waals surface area contributed by atoms with Crippen molar-refractivity contribution in [3.05, 3.63) is 48.6 Å². The fraction of sp³-hybridized carbons (Fsp3) is 0.267. The maximum Gasteiger partial charge on any atom is 0.103 e. The van der Waals surface area contributed by atoms with E-state index < -0.39 is 0 Å². The number of furan rings is 1. The van der Waals surface area contributed by atoms with Crippen LogP contribution in [0.3, 0.4) is 0 Å². The highest BCUT2D eigenvalue weighted by Crippen LogP contribution is 2.18. The lowest BCUT2D eigenvalue weighted by Crippen LogP contribution is -2.15. The second kappa shape index (κ2) is 5.18. The van der Waals surface area contributed by atoms with Gasteiger partial charge in [-0.25, -0.2) is 0 Å². The molecule has 0 amide bonds. The molecule has 0 aliphatic rings. The number of hydrogen-bond donors (Lipinski definition) is 2. The molecule has 0 aliphatic carbocycles. The van der Waals surface area contributed by atoms with Gasteiger partial charge in [-0.2, -0.15) is 5.10 Å². The number of aryl methyl sites for hydroxylation is 1. The number of H-pyrrole nitrogens is 1. The molecule has 2 N–H and O–H groups in total. The number of rotatable bonds is 5. The van der Waals surface area contributed by atoms with Crippen LogP contribution < -0.4 is 5.32 Å². The molecular formula is C15H17N3O. The maximum absolute atomic E-state index is 5.34. The zero-order chi connectivity index (χ0) is 13.1. The average Bonchev–Trinajstić information content (AvgIpc) is 3.07. The first-order chi connectivity index (χ1) is 9.31. The summed E-state index contributed by atoms with van der Waals surface area (Å²) in [5.74, 6) is 1.04. The fourth-order valence-corrected chi connectivity index (χ4v) is 2.20. The van der Waals surface area contributed by atoms with E-state index in [0.717, 1.165) is 35.2 Å². The first kappa shape index (κ1) is 11.8. The molecule has 1 aromatic carbocycles. The van der Waals surface area contributed by atoms with E-state index in [4.69, 9.17) is 4.42 Å². The lowest BCUT2D eigenvalue weighted by molar-refractivity contribution is 0.495. The van der Waals surface area contributed by atoms with Crippen LogP contribution in [0, 0.1) is 0 Å². The Morgan fingerprint density at radius 1 is 1.37 bits per heavy atom. The van der Waals surface area contributed by atoms with Crippen LogP contribution in [0.25, 0.3) is 10.9 Å². The molecule has 4 nitrogen and oxygen atoms in total. The highest BCUT2D eigenvalue weighted by atomic mass is 16.3. The molecule has 2 aromatic heterocycles. The van der Waals surface area contributed by atoms with Crippen LogP contribution in [0.1, 0.15) is 19.1 Å². The third kappa shape index (κ3) is 2.78. The van der Waals surface area contributed by atoms with Crippen LogP contribution in [0.2, 0.25) is 0 Å². The Hall–Kier alpha value is -2.23. The van der Waals surface area contributed by atoms with Gasteiger partial charge in [0.15, 0.2) is 0 Å². The highest BCUT2D eigenvalue weighted by Gasteiger charge is 2.05. The number of fused-ring (bicyclic) bond motifs is 1. The minimum Gasteiger partial charge on any atom is -0.469 e. The molecule has 0 saturated carbocycles. The zero-order valence-electron chi connectivity index (χ0n) is 10.9. The van der Waals surface area contributed by atoms with E-state index in [1.807, 2.05) is 18.3 Å². The summed E-state index contributed by atoms with van der Waals surface area (Å²) in [6, 6.07) is 10.6. The van der Waals surface area contributed by atoms with Crippen molar-refractivity contribution in [2.24, 2.45) is 0 Å². The first-order valence-corrected chi connectivity index (χ1v) is 6.53. The molecule has 0 saturated heterocycles. The molecule has 0 fully saturated rings. The number of hydrogen-bond acceptors (Lipinski definition) is 3. The number of benzene rings is 1. The Kier molecular flexibility index (Phi) is 3.23. The molecule has 98 valence electrons. The lowest BCUT2D eigenvalue weighted by atomic mass is 10.1. The summed E-state index contributed by atoms with van der Waals surface area (Å²) in [6.45, 7) is 2.18. The van der Waals surface area contributed by atoms with Crippen LogP contribution in [0.15, 0.2) is 47.2 Å². The van der Waals surface area contributed by atoms with Gasteiger partial charge in [-0.1, -0.05) is 0 Å². The van der Waals surface area contributed by atoms with E-state index in [0.29, 0.717) is 6.04 Å². The Balaban J connectivity index is 1.60. The summed E-state index contributed by atoms with van der Waals surface area (Å²) >= 11 is 0. The van der Waals surface area contributed by atoms with Crippen LogP contribution in [0.5, 0.6) is 0 Å². The molecule has 3 aromatic rings. The minimum absolute atomic E-state index is 0.394. The van der Waals surface area contributed by atoms with E-state index in [2.05, 4.69) is 40.6 Å². The summed E-state index contributed by atoms with van der Waals surface area (Å²) in [6.07, 6.45) is 5.54. The number of aromatic amines is 1. The third-order valence-corrected chi connectivity index (χ3v) is 3.26. The molecule has 2 heterocycles. The molecule has 0 bridgehead atoms. The second-order valence-electron chi connectivity index (χ2n) is 4.84. The van der Waals surface area contributed by atoms with Gasteiger partial charge in [-0.15, -0.1) is 0 Å². The summed E-state index contributed by atoms with van der Waals surface area (Å²) in [5, 5.41) is 11.6.